The lowest BCUT2D eigenvalue weighted by Crippen LogP contribution is -2.51. The monoisotopic (exact) mass is 229 g/mol. The molecule has 9 heteroatoms. The Balaban J connectivity index is 5.68. The highest BCUT2D eigenvalue weighted by Gasteiger charge is 2.51. The first-order valence-corrected chi connectivity index (χ1v) is 3.82. The summed E-state index contributed by atoms with van der Waals surface area (Å²) in [6.45, 7) is -0.729. The number of aliphatic imine (C=N–C) groups is 3. The van der Waals surface area contributed by atoms with Gasteiger partial charge in [0.1, 0.15) is 0 Å². The molecule has 16 heavy (non-hydrogen) atoms. The Labute approximate surface area is 88.5 Å². The van der Waals surface area contributed by atoms with E-state index in [9.17, 15) is 24.6 Å². The van der Waals surface area contributed by atoms with Crippen molar-refractivity contribution in [2.75, 3.05) is 6.61 Å². The maximum atomic E-state index is 10.0. The Hall–Kier alpha value is -1.98. The standard InChI is InChI=1S/C7H7N3O6/c11-2-1-6(15,8-3-12)7(16,9-4-13)10-5-14/h11,15-16H,1-2H2. The summed E-state index contributed by atoms with van der Waals surface area (Å²) in [6, 6.07) is 0. The highest BCUT2D eigenvalue weighted by atomic mass is 16.4. The molecule has 0 aromatic carbocycles. The van der Waals surface area contributed by atoms with E-state index in [-0.39, 0.29) is 0 Å². The zero-order valence-electron chi connectivity index (χ0n) is 7.82. The lowest BCUT2D eigenvalue weighted by Gasteiger charge is -2.29. The van der Waals surface area contributed by atoms with Crippen molar-refractivity contribution in [3.05, 3.63) is 0 Å². The van der Waals surface area contributed by atoms with E-state index in [1.807, 2.05) is 0 Å². The smallest absolute Gasteiger partial charge is 0.327 e. The van der Waals surface area contributed by atoms with Crippen LogP contribution in [0, 0.1) is 0 Å². The lowest BCUT2D eigenvalue weighted by molar-refractivity contribution is -0.145. The summed E-state index contributed by atoms with van der Waals surface area (Å²) in [4.78, 5) is 38.1. The van der Waals surface area contributed by atoms with Gasteiger partial charge in [0.25, 0.3) is 0 Å². The van der Waals surface area contributed by atoms with Gasteiger partial charge in [0, 0.05) is 13.0 Å². The summed E-state index contributed by atoms with van der Waals surface area (Å²) >= 11 is 0. The average Bonchev–Trinajstić information content (AvgIpc) is 2.19. The Bertz CT molecular complexity index is 373. The summed E-state index contributed by atoms with van der Waals surface area (Å²) in [5.41, 5.74) is -2.79. The number of nitrogens with zero attached hydrogens (tertiary/aromatic N) is 3. The van der Waals surface area contributed by atoms with Gasteiger partial charge in [-0.15, -0.1) is 9.98 Å². The Morgan fingerprint density at radius 3 is 1.69 bits per heavy atom. The van der Waals surface area contributed by atoms with Gasteiger partial charge in [-0.05, 0) is 0 Å². The van der Waals surface area contributed by atoms with E-state index in [0.29, 0.717) is 0 Å². The highest BCUT2D eigenvalue weighted by Crippen LogP contribution is 2.29. The molecule has 0 aromatic rings. The van der Waals surface area contributed by atoms with Crippen LogP contribution < -0.4 is 0 Å². The molecule has 0 rings (SSSR count). The second-order valence-corrected chi connectivity index (χ2v) is 2.53. The third-order valence-electron chi connectivity index (χ3n) is 1.63. The molecule has 1 unspecified atom stereocenters. The fraction of sp³-hybridized carbons (Fsp3) is 0.571. The summed E-state index contributed by atoms with van der Waals surface area (Å²) < 4.78 is 0. The molecule has 0 saturated heterocycles. The second-order valence-electron chi connectivity index (χ2n) is 2.53. The van der Waals surface area contributed by atoms with Gasteiger partial charge >= 0.3 is 5.85 Å². The van der Waals surface area contributed by atoms with Crippen molar-refractivity contribution >= 4 is 18.2 Å². The molecule has 0 radical (unpaired) electrons. The van der Waals surface area contributed by atoms with Crippen molar-refractivity contribution in [3.8, 4) is 0 Å². The van der Waals surface area contributed by atoms with Gasteiger partial charge < -0.3 is 15.3 Å². The van der Waals surface area contributed by atoms with Crippen LogP contribution >= 0.6 is 0 Å². The number of aliphatic hydroxyl groups excluding tert-OH is 1. The molecular weight excluding hydrogens is 222 g/mol. The number of carbonyl (C=O) groups excluding carboxylic acids is 3. The number of isocyanates is 3. The van der Waals surface area contributed by atoms with Gasteiger partial charge in [-0.2, -0.15) is 4.99 Å². The molecule has 86 valence electrons. The predicted molar refractivity (Wildman–Crippen MR) is 46.0 cm³/mol. The SMILES string of the molecule is O=C=NC(O)(CCO)C(O)(N=C=O)N=C=O. The van der Waals surface area contributed by atoms with E-state index >= 15 is 0 Å². The minimum atomic E-state index is -3.07. The van der Waals surface area contributed by atoms with Crippen molar-refractivity contribution in [1.82, 2.24) is 0 Å². The van der Waals surface area contributed by atoms with Gasteiger partial charge in [-0.25, -0.2) is 14.4 Å². The van der Waals surface area contributed by atoms with Crippen LogP contribution in [0.4, 0.5) is 0 Å². The van der Waals surface area contributed by atoms with Crippen LogP contribution in [0.15, 0.2) is 15.0 Å². The minimum Gasteiger partial charge on any atom is -0.396 e. The van der Waals surface area contributed by atoms with Crippen LogP contribution in [-0.4, -0.2) is 51.7 Å². The number of hydrogen-bond donors (Lipinski definition) is 3. The molecule has 0 aliphatic carbocycles. The van der Waals surface area contributed by atoms with Crippen molar-refractivity contribution in [2.24, 2.45) is 15.0 Å². The predicted octanol–water partition coefficient (Wildman–Crippen LogP) is -2.29. The molecule has 3 N–H and O–H groups in total. The van der Waals surface area contributed by atoms with E-state index < -0.39 is 24.6 Å². The number of rotatable bonds is 6. The quantitative estimate of drug-likeness (QED) is 0.344. The van der Waals surface area contributed by atoms with Gasteiger partial charge in [0.05, 0.1) is 0 Å². The highest BCUT2D eigenvalue weighted by molar-refractivity contribution is 5.41. The normalized spacial score (nSPS) is 16.7. The van der Waals surface area contributed by atoms with E-state index in [0.717, 1.165) is 18.2 Å². The minimum absolute atomic E-state index is 0.713. The molecule has 1 atom stereocenters. The van der Waals surface area contributed by atoms with E-state index in [1.165, 1.54) is 0 Å². The first kappa shape index (κ1) is 14.0. The molecule has 0 fully saturated rings. The summed E-state index contributed by atoms with van der Waals surface area (Å²) in [6.07, 6.45) is 1.85. The molecule has 0 aliphatic heterocycles. The molecule has 0 heterocycles. The largest absolute Gasteiger partial charge is 0.396 e. The first-order valence-electron chi connectivity index (χ1n) is 3.82. The molecule has 0 aliphatic rings. The molecule has 0 saturated carbocycles. The average molecular weight is 229 g/mol. The molecule has 9 nitrogen and oxygen atoms in total. The van der Waals surface area contributed by atoms with Crippen molar-refractivity contribution < 1.29 is 29.7 Å². The van der Waals surface area contributed by atoms with Crippen LogP contribution in [0.3, 0.4) is 0 Å². The number of aliphatic hydroxyl groups is 3. The van der Waals surface area contributed by atoms with E-state index in [4.69, 9.17) is 5.11 Å². The van der Waals surface area contributed by atoms with Crippen molar-refractivity contribution in [2.45, 2.75) is 18.0 Å². The van der Waals surface area contributed by atoms with Gasteiger partial charge in [0.2, 0.25) is 24.0 Å². The lowest BCUT2D eigenvalue weighted by atomic mass is 10.1. The third-order valence-corrected chi connectivity index (χ3v) is 1.63. The Morgan fingerprint density at radius 1 is 0.938 bits per heavy atom. The van der Waals surface area contributed by atoms with E-state index in [2.05, 4.69) is 15.0 Å². The molecule has 0 amide bonds. The topological polar surface area (TPSA) is 149 Å². The number of hydrogen-bond acceptors (Lipinski definition) is 9. The summed E-state index contributed by atoms with van der Waals surface area (Å²) in [7, 11) is 0. The maximum absolute atomic E-state index is 10.0. The van der Waals surface area contributed by atoms with Crippen LogP contribution in [0.25, 0.3) is 0 Å². The summed E-state index contributed by atoms with van der Waals surface area (Å²) in [5.74, 6) is -3.07. The second kappa shape index (κ2) is 5.79. The van der Waals surface area contributed by atoms with Crippen molar-refractivity contribution in [3.63, 3.8) is 0 Å². The molecular formula is C7H7N3O6. The van der Waals surface area contributed by atoms with Crippen LogP contribution in [0.2, 0.25) is 0 Å². The van der Waals surface area contributed by atoms with Crippen molar-refractivity contribution in [1.29, 1.82) is 0 Å². The Morgan fingerprint density at radius 2 is 1.38 bits per heavy atom. The zero-order valence-corrected chi connectivity index (χ0v) is 7.82. The zero-order chi connectivity index (χ0) is 12.7. The molecule has 0 spiro atoms. The third kappa shape index (κ3) is 2.75. The van der Waals surface area contributed by atoms with Gasteiger partial charge in [-0.1, -0.05) is 0 Å². The first-order chi connectivity index (χ1) is 7.49. The molecule has 0 aromatic heterocycles. The maximum Gasteiger partial charge on any atom is 0.327 e. The fourth-order valence-corrected chi connectivity index (χ4v) is 0.861. The van der Waals surface area contributed by atoms with Crippen LogP contribution in [0.5, 0.6) is 0 Å². The summed E-state index contributed by atoms with van der Waals surface area (Å²) in [5, 5.41) is 27.7. The van der Waals surface area contributed by atoms with Crippen LogP contribution in [0.1, 0.15) is 6.42 Å². The van der Waals surface area contributed by atoms with Crippen LogP contribution in [-0.2, 0) is 14.4 Å². The van der Waals surface area contributed by atoms with E-state index in [1.54, 1.807) is 0 Å². The molecule has 0 bridgehead atoms. The Kier molecular flexibility index (Phi) is 5.08. The van der Waals surface area contributed by atoms with Gasteiger partial charge in [0.15, 0.2) is 0 Å². The van der Waals surface area contributed by atoms with Gasteiger partial charge in [-0.3, -0.25) is 0 Å². The fourth-order valence-electron chi connectivity index (χ4n) is 0.861.